The fraction of sp³-hybridized carbons (Fsp3) is 0.200. The van der Waals surface area contributed by atoms with Gasteiger partial charge in [-0.1, -0.05) is 6.07 Å². The van der Waals surface area contributed by atoms with Gasteiger partial charge in [0.2, 0.25) is 0 Å². The molecule has 1 aromatic heterocycles. The van der Waals surface area contributed by atoms with Crippen molar-refractivity contribution in [3.8, 4) is 17.0 Å². The van der Waals surface area contributed by atoms with E-state index in [2.05, 4.69) is 4.98 Å². The van der Waals surface area contributed by atoms with E-state index in [-0.39, 0.29) is 5.97 Å². The predicted octanol–water partition coefficient (Wildman–Crippen LogP) is 2.93. The van der Waals surface area contributed by atoms with E-state index in [4.69, 9.17) is 9.47 Å². The molecule has 2 aromatic rings. The van der Waals surface area contributed by atoms with E-state index in [1.54, 1.807) is 32.4 Å². The first-order valence-electron chi connectivity index (χ1n) is 6.02. The van der Waals surface area contributed by atoms with Crippen molar-refractivity contribution in [2.45, 2.75) is 6.92 Å². The van der Waals surface area contributed by atoms with Gasteiger partial charge in [-0.05, 0) is 37.3 Å². The number of carbonyl (C=O) groups excluding carboxylic acids is 1. The van der Waals surface area contributed by atoms with Crippen LogP contribution in [0.5, 0.6) is 5.75 Å². The predicted molar refractivity (Wildman–Crippen MR) is 72.2 cm³/mol. The minimum Gasteiger partial charge on any atom is -0.497 e. The van der Waals surface area contributed by atoms with Crippen LogP contribution >= 0.6 is 0 Å². The highest BCUT2D eigenvalue weighted by molar-refractivity contribution is 5.97. The van der Waals surface area contributed by atoms with Crippen LogP contribution < -0.4 is 4.74 Å². The van der Waals surface area contributed by atoms with E-state index in [1.807, 2.05) is 24.3 Å². The molecule has 1 aromatic carbocycles. The van der Waals surface area contributed by atoms with Gasteiger partial charge in [0.15, 0.2) is 0 Å². The molecule has 0 saturated carbocycles. The SMILES string of the molecule is CCOC(=O)c1cc(OC)ccc1-c1ccccn1. The molecule has 1 heterocycles. The van der Waals surface area contributed by atoms with Crippen LogP contribution in [0, 0.1) is 0 Å². The molecule has 0 saturated heterocycles. The number of nitrogens with zero attached hydrogens (tertiary/aromatic N) is 1. The van der Waals surface area contributed by atoms with E-state index >= 15 is 0 Å². The number of esters is 1. The first-order chi connectivity index (χ1) is 9.26. The molecule has 0 N–H and O–H groups in total. The van der Waals surface area contributed by atoms with Crippen molar-refractivity contribution in [1.82, 2.24) is 4.98 Å². The van der Waals surface area contributed by atoms with Gasteiger partial charge in [-0.2, -0.15) is 0 Å². The number of methoxy groups -OCH3 is 1. The van der Waals surface area contributed by atoms with Crippen molar-refractivity contribution < 1.29 is 14.3 Å². The average Bonchev–Trinajstić information content (AvgIpc) is 2.47. The summed E-state index contributed by atoms with van der Waals surface area (Å²) < 4.78 is 10.2. The number of carbonyl (C=O) groups is 1. The highest BCUT2D eigenvalue weighted by atomic mass is 16.5. The van der Waals surface area contributed by atoms with Gasteiger partial charge < -0.3 is 9.47 Å². The number of benzene rings is 1. The average molecular weight is 257 g/mol. The Bertz CT molecular complexity index is 567. The molecule has 0 spiro atoms. The van der Waals surface area contributed by atoms with Gasteiger partial charge in [0.1, 0.15) is 5.75 Å². The van der Waals surface area contributed by atoms with Gasteiger partial charge in [-0.15, -0.1) is 0 Å². The van der Waals surface area contributed by atoms with E-state index in [1.165, 1.54) is 0 Å². The first-order valence-corrected chi connectivity index (χ1v) is 6.02. The van der Waals surface area contributed by atoms with Gasteiger partial charge in [-0.25, -0.2) is 4.79 Å². The largest absolute Gasteiger partial charge is 0.497 e. The molecule has 0 unspecified atom stereocenters. The smallest absolute Gasteiger partial charge is 0.338 e. The molecule has 4 heteroatoms. The van der Waals surface area contributed by atoms with Gasteiger partial charge in [0.05, 0.1) is 25.0 Å². The highest BCUT2D eigenvalue weighted by Crippen LogP contribution is 2.26. The molecule has 0 amide bonds. The van der Waals surface area contributed by atoms with E-state index in [0.717, 1.165) is 11.3 Å². The van der Waals surface area contributed by atoms with Crippen LogP contribution in [0.15, 0.2) is 42.6 Å². The fourth-order valence-corrected chi connectivity index (χ4v) is 1.77. The van der Waals surface area contributed by atoms with Crippen LogP contribution in [0.1, 0.15) is 17.3 Å². The lowest BCUT2D eigenvalue weighted by atomic mass is 10.0. The molecule has 0 aliphatic rings. The molecular formula is C15H15NO3. The van der Waals surface area contributed by atoms with Gasteiger partial charge in [0.25, 0.3) is 0 Å². The summed E-state index contributed by atoms with van der Waals surface area (Å²) in [5.74, 6) is 0.241. The van der Waals surface area contributed by atoms with Crippen LogP contribution in [0.4, 0.5) is 0 Å². The summed E-state index contributed by atoms with van der Waals surface area (Å²) in [6.45, 7) is 2.11. The molecule has 4 nitrogen and oxygen atoms in total. The molecule has 0 aliphatic carbocycles. The minimum atomic E-state index is -0.373. The number of ether oxygens (including phenoxy) is 2. The van der Waals surface area contributed by atoms with Crippen molar-refractivity contribution in [3.63, 3.8) is 0 Å². The summed E-state index contributed by atoms with van der Waals surface area (Å²) in [7, 11) is 1.56. The third-order valence-electron chi connectivity index (χ3n) is 2.66. The Balaban J connectivity index is 2.51. The number of aromatic nitrogens is 1. The zero-order chi connectivity index (χ0) is 13.7. The lowest BCUT2D eigenvalue weighted by Gasteiger charge is -2.10. The second kappa shape index (κ2) is 6.00. The third-order valence-corrected chi connectivity index (χ3v) is 2.66. The normalized spacial score (nSPS) is 10.0. The summed E-state index contributed by atoms with van der Waals surface area (Å²) in [5, 5.41) is 0. The van der Waals surface area contributed by atoms with Crippen LogP contribution in [0.3, 0.4) is 0 Å². The quantitative estimate of drug-likeness (QED) is 0.790. The summed E-state index contributed by atoms with van der Waals surface area (Å²) in [6.07, 6.45) is 1.69. The molecule has 98 valence electrons. The molecule has 2 rings (SSSR count). The minimum absolute atomic E-state index is 0.331. The Morgan fingerprint density at radius 3 is 2.74 bits per heavy atom. The number of hydrogen-bond acceptors (Lipinski definition) is 4. The van der Waals surface area contributed by atoms with Crippen molar-refractivity contribution in [1.29, 1.82) is 0 Å². The van der Waals surface area contributed by atoms with Gasteiger partial charge >= 0.3 is 5.97 Å². The molecule has 19 heavy (non-hydrogen) atoms. The third kappa shape index (κ3) is 2.91. The highest BCUT2D eigenvalue weighted by Gasteiger charge is 2.15. The zero-order valence-corrected chi connectivity index (χ0v) is 10.9. The summed E-state index contributed by atoms with van der Waals surface area (Å²) >= 11 is 0. The Hall–Kier alpha value is -2.36. The summed E-state index contributed by atoms with van der Waals surface area (Å²) in [6, 6.07) is 10.8. The van der Waals surface area contributed by atoms with Crippen LogP contribution in [-0.4, -0.2) is 24.7 Å². The number of hydrogen-bond donors (Lipinski definition) is 0. The van der Waals surface area contributed by atoms with Gasteiger partial charge in [-0.3, -0.25) is 4.98 Å². The van der Waals surface area contributed by atoms with Crippen molar-refractivity contribution >= 4 is 5.97 Å². The summed E-state index contributed by atoms with van der Waals surface area (Å²) in [4.78, 5) is 16.3. The lowest BCUT2D eigenvalue weighted by molar-refractivity contribution is 0.0527. The van der Waals surface area contributed by atoms with Gasteiger partial charge in [0, 0.05) is 11.8 Å². The maximum atomic E-state index is 12.0. The zero-order valence-electron chi connectivity index (χ0n) is 10.9. The number of pyridine rings is 1. The first kappa shape index (κ1) is 13.1. The Morgan fingerprint density at radius 2 is 2.11 bits per heavy atom. The topological polar surface area (TPSA) is 48.4 Å². The number of rotatable bonds is 4. The molecular weight excluding hydrogens is 242 g/mol. The standard InChI is InChI=1S/C15H15NO3/c1-3-19-15(17)13-10-11(18-2)7-8-12(13)14-6-4-5-9-16-14/h4-10H,3H2,1-2H3. The lowest BCUT2D eigenvalue weighted by Crippen LogP contribution is -2.07. The van der Waals surface area contributed by atoms with Crippen LogP contribution in [-0.2, 0) is 4.74 Å². The van der Waals surface area contributed by atoms with Crippen molar-refractivity contribution in [2.75, 3.05) is 13.7 Å². The van der Waals surface area contributed by atoms with E-state index in [9.17, 15) is 4.79 Å². The van der Waals surface area contributed by atoms with E-state index in [0.29, 0.717) is 17.9 Å². The monoisotopic (exact) mass is 257 g/mol. The second-order valence-electron chi connectivity index (χ2n) is 3.85. The van der Waals surface area contributed by atoms with E-state index < -0.39 is 0 Å². The Labute approximate surface area is 112 Å². The second-order valence-corrected chi connectivity index (χ2v) is 3.85. The fourth-order valence-electron chi connectivity index (χ4n) is 1.77. The molecule has 0 atom stereocenters. The van der Waals surface area contributed by atoms with Crippen molar-refractivity contribution in [2.24, 2.45) is 0 Å². The maximum Gasteiger partial charge on any atom is 0.338 e. The van der Waals surface area contributed by atoms with Crippen LogP contribution in [0.2, 0.25) is 0 Å². The summed E-state index contributed by atoms with van der Waals surface area (Å²) in [5.41, 5.74) is 1.92. The maximum absolute atomic E-state index is 12.0. The molecule has 0 aliphatic heterocycles. The Kier molecular flexibility index (Phi) is 4.13. The van der Waals surface area contributed by atoms with Crippen molar-refractivity contribution in [3.05, 3.63) is 48.2 Å². The molecule has 0 radical (unpaired) electrons. The molecule has 0 bridgehead atoms. The molecule has 0 fully saturated rings. The Morgan fingerprint density at radius 1 is 1.26 bits per heavy atom. The van der Waals surface area contributed by atoms with Crippen LogP contribution in [0.25, 0.3) is 11.3 Å².